The van der Waals surface area contributed by atoms with Crippen molar-refractivity contribution in [1.82, 2.24) is 0 Å². The third-order valence-electron chi connectivity index (χ3n) is 3.58. The number of rotatable bonds is 15. The number of benzene rings is 1. The lowest BCUT2D eigenvalue weighted by molar-refractivity contribution is 0.0126. The molecule has 23 heavy (non-hydrogen) atoms. The first kappa shape index (κ1) is 19.9. The maximum absolute atomic E-state index is 5.85. The van der Waals surface area contributed by atoms with E-state index in [1.54, 1.807) is 0 Å². The monoisotopic (exact) mass is 323 g/mol. The van der Waals surface area contributed by atoms with Crippen molar-refractivity contribution in [2.24, 2.45) is 5.73 Å². The molecule has 0 saturated heterocycles. The van der Waals surface area contributed by atoms with Crippen LogP contribution in [0.3, 0.4) is 0 Å². The van der Waals surface area contributed by atoms with Crippen molar-refractivity contribution in [2.45, 2.75) is 58.1 Å². The lowest BCUT2D eigenvalue weighted by Gasteiger charge is -2.14. The summed E-state index contributed by atoms with van der Waals surface area (Å²) in [6.07, 6.45) is 8.69. The van der Waals surface area contributed by atoms with Crippen molar-refractivity contribution in [3.05, 3.63) is 30.3 Å². The number of unbranched alkanes of at least 4 members (excludes halogenated alkanes) is 6. The van der Waals surface area contributed by atoms with Crippen LogP contribution in [0, 0.1) is 0 Å². The van der Waals surface area contributed by atoms with Gasteiger partial charge in [0, 0.05) is 6.61 Å². The first-order valence-electron chi connectivity index (χ1n) is 8.95. The van der Waals surface area contributed by atoms with Crippen LogP contribution in [-0.2, 0) is 9.47 Å². The van der Waals surface area contributed by atoms with Crippen molar-refractivity contribution in [3.8, 4) is 5.75 Å². The van der Waals surface area contributed by atoms with Gasteiger partial charge in [0.1, 0.15) is 5.75 Å². The number of nitrogens with two attached hydrogens (primary N) is 1. The summed E-state index contributed by atoms with van der Waals surface area (Å²) in [6.45, 7) is 4.62. The maximum atomic E-state index is 5.85. The summed E-state index contributed by atoms with van der Waals surface area (Å²) in [5.74, 6) is 0.763. The van der Waals surface area contributed by atoms with Crippen LogP contribution in [0.2, 0.25) is 0 Å². The van der Waals surface area contributed by atoms with Crippen molar-refractivity contribution in [2.75, 3.05) is 26.4 Å². The highest BCUT2D eigenvalue weighted by molar-refractivity contribution is 5.21. The normalized spacial score (nSPS) is 12.3. The van der Waals surface area contributed by atoms with E-state index in [0.717, 1.165) is 18.8 Å². The molecule has 0 bridgehead atoms. The largest absolute Gasteiger partial charge is 0.473 e. The second kappa shape index (κ2) is 14.5. The van der Waals surface area contributed by atoms with Gasteiger partial charge in [-0.1, -0.05) is 63.6 Å². The Kier molecular flexibility index (Phi) is 12.6. The Hall–Kier alpha value is -1.10. The molecule has 0 aliphatic carbocycles. The summed E-state index contributed by atoms with van der Waals surface area (Å²) in [4.78, 5) is 0. The predicted molar refractivity (Wildman–Crippen MR) is 94.7 cm³/mol. The quantitative estimate of drug-likeness (QED) is 0.389. The standard InChI is InChI=1S/C19H33NO3/c1-2-3-4-5-6-7-11-14-21-15-16-22-17-19(20)23-18-12-9-8-10-13-18/h8-10,12-13,19H,2-7,11,14-17,20H2,1H3. The zero-order valence-electron chi connectivity index (χ0n) is 14.5. The van der Waals surface area contributed by atoms with Gasteiger partial charge >= 0.3 is 0 Å². The molecule has 0 radical (unpaired) electrons. The Bertz CT molecular complexity index is 359. The van der Waals surface area contributed by atoms with Gasteiger partial charge in [0.2, 0.25) is 0 Å². The summed E-state index contributed by atoms with van der Waals surface area (Å²) >= 11 is 0. The van der Waals surface area contributed by atoms with E-state index in [-0.39, 0.29) is 0 Å². The third-order valence-corrected chi connectivity index (χ3v) is 3.58. The smallest absolute Gasteiger partial charge is 0.171 e. The molecule has 132 valence electrons. The minimum Gasteiger partial charge on any atom is -0.473 e. The summed E-state index contributed by atoms with van der Waals surface area (Å²) in [7, 11) is 0. The zero-order chi connectivity index (χ0) is 16.6. The van der Waals surface area contributed by atoms with Gasteiger partial charge in [-0.25, -0.2) is 0 Å². The third kappa shape index (κ3) is 12.0. The molecule has 1 atom stereocenters. The summed E-state index contributed by atoms with van der Waals surface area (Å²) in [5, 5.41) is 0. The van der Waals surface area contributed by atoms with Gasteiger partial charge in [0.05, 0.1) is 19.8 Å². The minimum atomic E-state index is -0.444. The van der Waals surface area contributed by atoms with E-state index < -0.39 is 6.23 Å². The maximum Gasteiger partial charge on any atom is 0.171 e. The van der Waals surface area contributed by atoms with E-state index in [1.807, 2.05) is 30.3 Å². The fraction of sp³-hybridized carbons (Fsp3) is 0.684. The fourth-order valence-corrected chi connectivity index (χ4v) is 2.29. The van der Waals surface area contributed by atoms with Gasteiger partial charge in [-0.3, -0.25) is 5.73 Å². The molecule has 2 N–H and O–H groups in total. The molecule has 0 aliphatic heterocycles. The van der Waals surface area contributed by atoms with Gasteiger partial charge in [0.25, 0.3) is 0 Å². The first-order chi connectivity index (χ1) is 11.3. The van der Waals surface area contributed by atoms with Gasteiger partial charge in [0.15, 0.2) is 6.23 Å². The van der Waals surface area contributed by atoms with Crippen LogP contribution < -0.4 is 10.5 Å². The molecule has 0 fully saturated rings. The Morgan fingerprint density at radius 2 is 1.48 bits per heavy atom. The van der Waals surface area contributed by atoms with Crippen LogP contribution in [0.5, 0.6) is 5.75 Å². The Morgan fingerprint density at radius 1 is 0.826 bits per heavy atom. The summed E-state index contributed by atoms with van der Waals surface area (Å²) in [6, 6.07) is 9.54. The molecular formula is C19H33NO3. The van der Waals surface area contributed by atoms with E-state index in [4.69, 9.17) is 19.9 Å². The van der Waals surface area contributed by atoms with Crippen LogP contribution in [-0.4, -0.2) is 32.7 Å². The molecule has 1 aromatic rings. The molecular weight excluding hydrogens is 290 g/mol. The molecule has 1 unspecified atom stereocenters. The lowest BCUT2D eigenvalue weighted by Crippen LogP contribution is -2.33. The molecule has 4 nitrogen and oxygen atoms in total. The van der Waals surface area contributed by atoms with Crippen LogP contribution in [0.25, 0.3) is 0 Å². The molecule has 0 amide bonds. The van der Waals surface area contributed by atoms with Gasteiger partial charge in [-0.15, -0.1) is 0 Å². The van der Waals surface area contributed by atoms with E-state index in [9.17, 15) is 0 Å². The summed E-state index contributed by atoms with van der Waals surface area (Å²) < 4.78 is 16.5. The highest BCUT2D eigenvalue weighted by Gasteiger charge is 2.03. The van der Waals surface area contributed by atoms with Crippen molar-refractivity contribution in [1.29, 1.82) is 0 Å². The Morgan fingerprint density at radius 3 is 2.22 bits per heavy atom. The van der Waals surface area contributed by atoms with E-state index in [1.165, 1.54) is 38.5 Å². The molecule has 4 heteroatoms. The topological polar surface area (TPSA) is 53.7 Å². The first-order valence-corrected chi connectivity index (χ1v) is 8.95. The Balaban J connectivity index is 1.82. The van der Waals surface area contributed by atoms with Crippen LogP contribution in [0.1, 0.15) is 51.9 Å². The van der Waals surface area contributed by atoms with Crippen molar-refractivity contribution >= 4 is 0 Å². The lowest BCUT2D eigenvalue weighted by atomic mass is 10.1. The van der Waals surface area contributed by atoms with E-state index in [0.29, 0.717) is 19.8 Å². The molecule has 0 heterocycles. The van der Waals surface area contributed by atoms with Crippen LogP contribution in [0.4, 0.5) is 0 Å². The fourth-order valence-electron chi connectivity index (χ4n) is 2.29. The van der Waals surface area contributed by atoms with E-state index >= 15 is 0 Å². The van der Waals surface area contributed by atoms with E-state index in [2.05, 4.69) is 6.92 Å². The number of hydrogen-bond acceptors (Lipinski definition) is 4. The molecule has 0 spiro atoms. The molecule has 1 rings (SSSR count). The zero-order valence-corrected chi connectivity index (χ0v) is 14.5. The average Bonchev–Trinajstić information content (AvgIpc) is 2.57. The average molecular weight is 323 g/mol. The predicted octanol–water partition coefficient (Wildman–Crippen LogP) is 4.13. The number of hydrogen-bond donors (Lipinski definition) is 1. The number of para-hydroxylation sites is 1. The highest BCUT2D eigenvalue weighted by Crippen LogP contribution is 2.09. The second-order valence-corrected chi connectivity index (χ2v) is 5.78. The second-order valence-electron chi connectivity index (χ2n) is 5.78. The molecule has 0 aliphatic rings. The Labute approximate surface area is 141 Å². The molecule has 1 aromatic carbocycles. The van der Waals surface area contributed by atoms with Crippen molar-refractivity contribution < 1.29 is 14.2 Å². The minimum absolute atomic E-state index is 0.371. The summed E-state index contributed by atoms with van der Waals surface area (Å²) in [5.41, 5.74) is 5.85. The van der Waals surface area contributed by atoms with Gasteiger partial charge in [-0.05, 0) is 18.6 Å². The van der Waals surface area contributed by atoms with Crippen LogP contribution in [0.15, 0.2) is 30.3 Å². The van der Waals surface area contributed by atoms with Crippen LogP contribution >= 0.6 is 0 Å². The molecule has 0 saturated carbocycles. The molecule has 0 aromatic heterocycles. The number of ether oxygens (including phenoxy) is 3. The highest BCUT2D eigenvalue weighted by atomic mass is 16.6. The van der Waals surface area contributed by atoms with Crippen molar-refractivity contribution in [3.63, 3.8) is 0 Å². The SMILES string of the molecule is CCCCCCCCCOCCOCC(N)Oc1ccccc1. The van der Waals surface area contributed by atoms with Gasteiger partial charge < -0.3 is 14.2 Å². The van der Waals surface area contributed by atoms with Gasteiger partial charge in [-0.2, -0.15) is 0 Å².